The molecule has 3 aliphatic carbocycles. The average Bonchev–Trinajstić information content (AvgIpc) is 2.54. The highest BCUT2D eigenvalue weighted by Gasteiger charge is 2.67. The van der Waals surface area contributed by atoms with Crippen LogP contribution in [0.2, 0.25) is 0 Å². The SMILES string of the molecule is NC1(C2CC23CCC3)CC1. The van der Waals surface area contributed by atoms with Gasteiger partial charge in [0, 0.05) is 5.54 Å². The Labute approximate surface area is 62.0 Å². The largest absolute Gasteiger partial charge is 0.325 e. The van der Waals surface area contributed by atoms with Crippen LogP contribution >= 0.6 is 0 Å². The summed E-state index contributed by atoms with van der Waals surface area (Å²) in [5.41, 5.74) is 7.30. The zero-order chi connectivity index (χ0) is 6.82. The maximum absolute atomic E-state index is 6.14. The second-order valence-electron chi connectivity index (χ2n) is 4.71. The first-order valence-corrected chi connectivity index (χ1v) is 4.54. The van der Waals surface area contributed by atoms with Gasteiger partial charge in [-0.15, -0.1) is 0 Å². The number of hydrogen-bond donors (Lipinski definition) is 1. The fraction of sp³-hybridized carbons (Fsp3) is 1.00. The van der Waals surface area contributed by atoms with E-state index in [-0.39, 0.29) is 0 Å². The van der Waals surface area contributed by atoms with Gasteiger partial charge in [0.1, 0.15) is 0 Å². The third-order valence-corrected chi connectivity index (χ3v) is 4.06. The summed E-state index contributed by atoms with van der Waals surface area (Å²) in [5, 5.41) is 0. The molecule has 1 unspecified atom stereocenters. The van der Waals surface area contributed by atoms with Crippen molar-refractivity contribution in [3.63, 3.8) is 0 Å². The lowest BCUT2D eigenvalue weighted by Gasteiger charge is -2.28. The third kappa shape index (κ3) is 0.493. The van der Waals surface area contributed by atoms with Gasteiger partial charge in [-0.05, 0) is 43.4 Å². The molecule has 0 amide bonds. The highest BCUT2D eigenvalue weighted by Crippen LogP contribution is 2.72. The number of rotatable bonds is 1. The standard InChI is InChI=1S/C9H15N/c10-9(4-5-9)7-6-8(7)2-1-3-8/h7H,1-6,10H2. The van der Waals surface area contributed by atoms with Gasteiger partial charge in [-0.2, -0.15) is 0 Å². The quantitative estimate of drug-likeness (QED) is 0.584. The van der Waals surface area contributed by atoms with Crippen LogP contribution in [0.15, 0.2) is 0 Å². The Hall–Kier alpha value is -0.0400. The molecule has 0 heterocycles. The van der Waals surface area contributed by atoms with Crippen molar-refractivity contribution < 1.29 is 0 Å². The van der Waals surface area contributed by atoms with Gasteiger partial charge < -0.3 is 5.73 Å². The lowest BCUT2D eigenvalue weighted by Crippen LogP contribution is -2.30. The molecule has 0 aromatic carbocycles. The lowest BCUT2D eigenvalue weighted by atomic mass is 9.78. The Balaban J connectivity index is 1.77. The molecule has 0 saturated heterocycles. The molecule has 0 aromatic rings. The molecule has 1 atom stereocenters. The first-order chi connectivity index (χ1) is 4.75. The normalized spacial score (nSPS) is 44.7. The van der Waals surface area contributed by atoms with Crippen LogP contribution in [0.5, 0.6) is 0 Å². The van der Waals surface area contributed by atoms with Crippen LogP contribution in [0.1, 0.15) is 38.5 Å². The molecule has 0 bridgehead atoms. The molecule has 3 saturated carbocycles. The first-order valence-electron chi connectivity index (χ1n) is 4.54. The van der Waals surface area contributed by atoms with Gasteiger partial charge in [-0.25, -0.2) is 0 Å². The van der Waals surface area contributed by atoms with Gasteiger partial charge in [0.15, 0.2) is 0 Å². The number of nitrogens with two attached hydrogens (primary N) is 1. The molecule has 0 aliphatic heterocycles. The Morgan fingerprint density at radius 3 is 2.10 bits per heavy atom. The van der Waals surface area contributed by atoms with E-state index in [1.54, 1.807) is 0 Å². The van der Waals surface area contributed by atoms with Crippen LogP contribution in [0, 0.1) is 11.3 Å². The van der Waals surface area contributed by atoms with Crippen LogP contribution in [-0.4, -0.2) is 5.54 Å². The molecule has 1 heteroatoms. The summed E-state index contributed by atoms with van der Waals surface area (Å²) in [6.45, 7) is 0. The fourth-order valence-corrected chi connectivity index (χ4v) is 2.84. The lowest BCUT2D eigenvalue weighted by molar-refractivity contribution is 0.241. The molecule has 3 fully saturated rings. The molecule has 0 radical (unpaired) electrons. The Kier molecular flexibility index (Phi) is 0.722. The van der Waals surface area contributed by atoms with E-state index in [0.29, 0.717) is 5.54 Å². The summed E-state index contributed by atoms with van der Waals surface area (Å²) in [6, 6.07) is 0. The minimum absolute atomic E-state index is 0.348. The topological polar surface area (TPSA) is 26.0 Å². The zero-order valence-electron chi connectivity index (χ0n) is 6.40. The van der Waals surface area contributed by atoms with Crippen LogP contribution in [-0.2, 0) is 0 Å². The van der Waals surface area contributed by atoms with Crippen LogP contribution in [0.4, 0.5) is 0 Å². The summed E-state index contributed by atoms with van der Waals surface area (Å²) in [7, 11) is 0. The van der Waals surface area contributed by atoms with Gasteiger partial charge in [-0.1, -0.05) is 6.42 Å². The van der Waals surface area contributed by atoms with E-state index < -0.39 is 0 Å². The second kappa shape index (κ2) is 1.29. The highest BCUT2D eigenvalue weighted by molar-refractivity contribution is 5.21. The van der Waals surface area contributed by atoms with Crippen LogP contribution in [0.3, 0.4) is 0 Å². The van der Waals surface area contributed by atoms with Gasteiger partial charge >= 0.3 is 0 Å². The molecule has 2 N–H and O–H groups in total. The maximum atomic E-state index is 6.14. The maximum Gasteiger partial charge on any atom is 0.0189 e. The summed E-state index contributed by atoms with van der Waals surface area (Å²) in [5.74, 6) is 0.953. The number of hydrogen-bond acceptors (Lipinski definition) is 1. The van der Waals surface area contributed by atoms with Crippen molar-refractivity contribution in [3.05, 3.63) is 0 Å². The molecule has 3 rings (SSSR count). The smallest absolute Gasteiger partial charge is 0.0189 e. The zero-order valence-corrected chi connectivity index (χ0v) is 6.40. The summed E-state index contributed by atoms with van der Waals surface area (Å²) in [4.78, 5) is 0. The minimum atomic E-state index is 0.348. The molecule has 0 aromatic heterocycles. The molecule has 1 nitrogen and oxygen atoms in total. The van der Waals surface area contributed by atoms with Crippen LogP contribution < -0.4 is 5.73 Å². The van der Waals surface area contributed by atoms with Crippen molar-refractivity contribution in [1.82, 2.24) is 0 Å². The van der Waals surface area contributed by atoms with Gasteiger partial charge in [0.05, 0.1) is 0 Å². The molecule has 56 valence electrons. The van der Waals surface area contributed by atoms with Crippen LogP contribution in [0.25, 0.3) is 0 Å². The molecule has 1 spiro atoms. The summed E-state index contributed by atoms with van der Waals surface area (Å²) < 4.78 is 0. The first kappa shape index (κ1) is 5.59. The minimum Gasteiger partial charge on any atom is -0.325 e. The van der Waals surface area contributed by atoms with E-state index in [0.717, 1.165) is 11.3 Å². The predicted molar refractivity (Wildman–Crippen MR) is 40.5 cm³/mol. The Bertz CT molecular complexity index is 177. The van der Waals surface area contributed by atoms with E-state index in [1.807, 2.05) is 0 Å². The van der Waals surface area contributed by atoms with Crippen molar-refractivity contribution >= 4 is 0 Å². The molecular formula is C9H15N. The van der Waals surface area contributed by atoms with Gasteiger partial charge in [0.2, 0.25) is 0 Å². The third-order valence-electron chi connectivity index (χ3n) is 4.06. The van der Waals surface area contributed by atoms with E-state index in [1.165, 1.54) is 38.5 Å². The van der Waals surface area contributed by atoms with E-state index in [2.05, 4.69) is 0 Å². The average molecular weight is 137 g/mol. The summed E-state index contributed by atoms with van der Waals surface area (Å²) in [6.07, 6.45) is 8.59. The Morgan fingerprint density at radius 2 is 1.80 bits per heavy atom. The molecular weight excluding hydrogens is 122 g/mol. The van der Waals surface area contributed by atoms with E-state index >= 15 is 0 Å². The van der Waals surface area contributed by atoms with Crippen molar-refractivity contribution in [2.24, 2.45) is 17.1 Å². The fourth-order valence-electron chi connectivity index (χ4n) is 2.84. The Morgan fingerprint density at radius 1 is 1.10 bits per heavy atom. The van der Waals surface area contributed by atoms with Gasteiger partial charge in [-0.3, -0.25) is 0 Å². The highest BCUT2D eigenvalue weighted by atomic mass is 14.9. The van der Waals surface area contributed by atoms with E-state index in [9.17, 15) is 0 Å². The van der Waals surface area contributed by atoms with Crippen molar-refractivity contribution in [3.8, 4) is 0 Å². The predicted octanol–water partition coefficient (Wildman–Crippen LogP) is 1.67. The van der Waals surface area contributed by atoms with E-state index in [4.69, 9.17) is 5.73 Å². The van der Waals surface area contributed by atoms with Crippen molar-refractivity contribution in [2.75, 3.05) is 0 Å². The van der Waals surface area contributed by atoms with Crippen molar-refractivity contribution in [1.29, 1.82) is 0 Å². The molecule has 3 aliphatic rings. The van der Waals surface area contributed by atoms with Crippen molar-refractivity contribution in [2.45, 2.75) is 44.1 Å². The van der Waals surface area contributed by atoms with Gasteiger partial charge in [0.25, 0.3) is 0 Å². The monoisotopic (exact) mass is 137 g/mol. The molecule has 10 heavy (non-hydrogen) atoms. The second-order valence-corrected chi connectivity index (χ2v) is 4.71. The summed E-state index contributed by atoms with van der Waals surface area (Å²) >= 11 is 0.